The van der Waals surface area contributed by atoms with Gasteiger partial charge in [0.15, 0.2) is 0 Å². The van der Waals surface area contributed by atoms with Crippen LogP contribution in [0.15, 0.2) is 11.6 Å². The minimum absolute atomic E-state index is 0.0363. The van der Waals surface area contributed by atoms with Crippen LogP contribution in [0.2, 0.25) is 0 Å². The van der Waals surface area contributed by atoms with Crippen molar-refractivity contribution in [1.82, 2.24) is 4.90 Å². The third kappa shape index (κ3) is 2.55. The number of carbonyl (C=O) groups is 1. The number of carbonyl (C=O) groups excluding carboxylic acids is 1. The second-order valence-electron chi connectivity index (χ2n) is 5.79. The summed E-state index contributed by atoms with van der Waals surface area (Å²) in [5.74, 6) is -0.784. The Morgan fingerprint density at radius 1 is 1.41 bits per heavy atom. The number of methoxy groups -OCH3 is 1. The average molecular weight is 315 g/mol. The molecule has 2 rings (SSSR count). The number of fused-ring (bicyclic) bond motifs is 2. The van der Waals surface area contributed by atoms with Gasteiger partial charge < -0.3 is 9.84 Å². The Hall–Kier alpha value is -2.07. The third-order valence-corrected chi connectivity index (χ3v) is 4.23. The average Bonchev–Trinajstić information content (AvgIpc) is 2.45. The quantitative estimate of drug-likeness (QED) is 0.396. The van der Waals surface area contributed by atoms with Crippen molar-refractivity contribution in [3.05, 3.63) is 31.9 Å². The lowest BCUT2D eigenvalue weighted by Gasteiger charge is -2.44. The summed E-state index contributed by atoms with van der Waals surface area (Å²) in [6.45, 7) is -0.289. The minimum Gasteiger partial charge on any atom is -0.466 e. The molecule has 122 valence electrons. The number of ether oxygens (including phenoxy) is 1. The molecule has 0 spiro atoms. The molecule has 1 aliphatic heterocycles. The maximum atomic E-state index is 11.7. The van der Waals surface area contributed by atoms with Gasteiger partial charge >= 0.3 is 5.97 Å². The third-order valence-electron chi connectivity index (χ3n) is 4.23. The normalized spacial score (nSPS) is 31.3. The molecule has 0 radical (unpaired) electrons. The van der Waals surface area contributed by atoms with E-state index in [0.29, 0.717) is 0 Å². The molecule has 2 bridgehead atoms. The molecule has 0 aromatic heterocycles. The van der Waals surface area contributed by atoms with E-state index in [1.54, 1.807) is 0 Å². The fraction of sp³-hybridized carbons (Fsp3) is 0.750. The number of rotatable bonds is 5. The molecule has 0 amide bonds. The van der Waals surface area contributed by atoms with Gasteiger partial charge in [-0.3, -0.25) is 25.1 Å². The van der Waals surface area contributed by atoms with Crippen molar-refractivity contribution in [2.75, 3.05) is 33.4 Å². The van der Waals surface area contributed by atoms with E-state index in [4.69, 9.17) is 5.11 Å². The predicted octanol–water partition coefficient (Wildman–Crippen LogP) is -0.781. The summed E-state index contributed by atoms with van der Waals surface area (Å²) in [5, 5.41) is 32.2. The van der Waals surface area contributed by atoms with Crippen LogP contribution in [0.25, 0.3) is 0 Å². The van der Waals surface area contributed by atoms with Gasteiger partial charge in [0.05, 0.1) is 39.6 Å². The summed E-state index contributed by atoms with van der Waals surface area (Å²) < 4.78 is 4.57. The van der Waals surface area contributed by atoms with Crippen molar-refractivity contribution in [3.63, 3.8) is 0 Å². The zero-order valence-electron chi connectivity index (χ0n) is 12.1. The summed E-state index contributed by atoms with van der Waals surface area (Å²) in [4.78, 5) is 35.2. The monoisotopic (exact) mass is 315 g/mol. The molecule has 0 aromatic carbocycles. The fourth-order valence-electron chi connectivity index (χ4n) is 3.41. The molecular weight excluding hydrogens is 298 g/mol. The van der Waals surface area contributed by atoms with Crippen LogP contribution in [0.5, 0.6) is 0 Å². The predicted molar refractivity (Wildman–Crippen MR) is 72.3 cm³/mol. The lowest BCUT2D eigenvalue weighted by atomic mass is 9.69. The van der Waals surface area contributed by atoms with Crippen molar-refractivity contribution in [2.45, 2.75) is 23.9 Å². The first-order valence-corrected chi connectivity index (χ1v) is 6.71. The van der Waals surface area contributed by atoms with E-state index in [1.807, 2.05) is 0 Å². The molecule has 10 heteroatoms. The lowest BCUT2D eigenvalue weighted by Crippen LogP contribution is -2.67. The Bertz CT molecular complexity index is 549. The van der Waals surface area contributed by atoms with Crippen LogP contribution in [0.3, 0.4) is 0 Å². The van der Waals surface area contributed by atoms with E-state index in [9.17, 15) is 25.0 Å². The molecule has 0 saturated carbocycles. The second-order valence-corrected chi connectivity index (χ2v) is 5.79. The van der Waals surface area contributed by atoms with Crippen molar-refractivity contribution >= 4 is 5.97 Å². The van der Waals surface area contributed by atoms with Gasteiger partial charge in [-0.2, -0.15) is 0 Å². The van der Waals surface area contributed by atoms with Crippen LogP contribution in [-0.2, 0) is 9.53 Å². The number of esters is 1. The summed E-state index contributed by atoms with van der Waals surface area (Å²) in [5.41, 5.74) is -3.38. The van der Waals surface area contributed by atoms with E-state index in [0.717, 1.165) is 7.11 Å². The zero-order valence-corrected chi connectivity index (χ0v) is 12.1. The SMILES string of the molecule is COC(=O)C1=C[C@]2([N+](=O)[O-])CN(CCO)C[C@]([N+](=O)[O-])(C1)C2. The van der Waals surface area contributed by atoms with Crippen molar-refractivity contribution in [1.29, 1.82) is 0 Å². The Morgan fingerprint density at radius 2 is 2.09 bits per heavy atom. The molecule has 0 aromatic rings. The number of hydrogen-bond donors (Lipinski definition) is 1. The molecule has 1 saturated heterocycles. The number of hydrogen-bond acceptors (Lipinski definition) is 8. The number of nitro groups is 2. The van der Waals surface area contributed by atoms with E-state index >= 15 is 0 Å². The Balaban J connectivity index is 2.53. The van der Waals surface area contributed by atoms with Gasteiger partial charge in [0.25, 0.3) is 5.54 Å². The molecule has 1 heterocycles. The highest BCUT2D eigenvalue weighted by Crippen LogP contribution is 2.43. The highest BCUT2D eigenvalue weighted by molar-refractivity contribution is 5.89. The van der Waals surface area contributed by atoms with Crippen LogP contribution in [0, 0.1) is 20.2 Å². The van der Waals surface area contributed by atoms with E-state index in [1.165, 1.54) is 11.0 Å². The molecule has 22 heavy (non-hydrogen) atoms. The van der Waals surface area contributed by atoms with E-state index in [-0.39, 0.29) is 44.7 Å². The molecular formula is C12H17N3O7. The minimum atomic E-state index is -1.72. The van der Waals surface area contributed by atoms with Gasteiger partial charge in [-0.1, -0.05) is 0 Å². The number of piperidine rings is 1. The Morgan fingerprint density at radius 3 is 2.59 bits per heavy atom. The van der Waals surface area contributed by atoms with Gasteiger partial charge in [-0.05, 0) is 0 Å². The standard InChI is InChI=1S/C12H17N3O7/c1-22-10(17)9-4-11(14(18)19)6-12(5-9,15(20)21)8-13(7-11)2-3-16/h4,16H,2-3,5-8H2,1H3/t11-,12+/m1/s1. The first-order chi connectivity index (χ1) is 10.3. The van der Waals surface area contributed by atoms with Crippen molar-refractivity contribution in [2.24, 2.45) is 0 Å². The zero-order chi connectivity index (χ0) is 16.5. The number of aliphatic hydroxyl groups is 1. The second kappa shape index (κ2) is 5.61. The largest absolute Gasteiger partial charge is 0.466 e. The number of aliphatic hydroxyl groups excluding tert-OH is 1. The smallest absolute Gasteiger partial charge is 0.333 e. The van der Waals surface area contributed by atoms with Crippen LogP contribution < -0.4 is 0 Å². The highest BCUT2D eigenvalue weighted by Gasteiger charge is 2.64. The van der Waals surface area contributed by atoms with Gasteiger partial charge in [0.2, 0.25) is 5.54 Å². The van der Waals surface area contributed by atoms with Crippen molar-refractivity contribution < 1.29 is 24.5 Å². The fourth-order valence-corrected chi connectivity index (χ4v) is 3.41. The highest BCUT2D eigenvalue weighted by atomic mass is 16.6. The number of nitrogens with zero attached hydrogens (tertiary/aromatic N) is 3. The van der Waals surface area contributed by atoms with E-state index < -0.39 is 26.9 Å². The first kappa shape index (κ1) is 16.3. The van der Waals surface area contributed by atoms with Crippen LogP contribution in [-0.4, -0.2) is 70.3 Å². The number of likely N-dealkylation sites (tertiary alicyclic amines) is 1. The summed E-state index contributed by atoms with van der Waals surface area (Å²) in [6, 6.07) is 0. The summed E-state index contributed by atoms with van der Waals surface area (Å²) in [6.07, 6.45) is 0.691. The van der Waals surface area contributed by atoms with Crippen LogP contribution in [0.4, 0.5) is 0 Å². The van der Waals surface area contributed by atoms with Gasteiger partial charge in [-0.15, -0.1) is 0 Å². The maximum Gasteiger partial charge on any atom is 0.333 e. The molecule has 2 atom stereocenters. The molecule has 1 N–H and O–H groups in total. The van der Waals surface area contributed by atoms with Crippen LogP contribution in [0.1, 0.15) is 12.8 Å². The Kier molecular flexibility index (Phi) is 4.16. The Labute approximate surface area is 125 Å². The summed E-state index contributed by atoms with van der Waals surface area (Å²) >= 11 is 0. The molecule has 10 nitrogen and oxygen atoms in total. The maximum absolute atomic E-state index is 11.7. The molecule has 1 aliphatic carbocycles. The molecule has 0 unspecified atom stereocenters. The van der Waals surface area contributed by atoms with Crippen LogP contribution >= 0.6 is 0 Å². The van der Waals surface area contributed by atoms with Gasteiger partial charge in [0, 0.05) is 28.0 Å². The molecule has 2 aliphatic rings. The van der Waals surface area contributed by atoms with Crippen molar-refractivity contribution in [3.8, 4) is 0 Å². The lowest BCUT2D eigenvalue weighted by molar-refractivity contribution is -0.619. The van der Waals surface area contributed by atoms with Gasteiger partial charge in [0.1, 0.15) is 0 Å². The first-order valence-electron chi connectivity index (χ1n) is 6.71. The van der Waals surface area contributed by atoms with Gasteiger partial charge in [-0.25, -0.2) is 4.79 Å². The topological polar surface area (TPSA) is 136 Å². The number of β-amino-alcohol motifs (C(OH)–C–C–N with tert-alkyl or cyclic N) is 1. The molecule has 1 fully saturated rings. The summed E-state index contributed by atoms with van der Waals surface area (Å²) in [7, 11) is 1.13. The van der Waals surface area contributed by atoms with E-state index in [2.05, 4.69) is 4.74 Å².